The number of nitrogens with one attached hydrogen (secondary N) is 1. The predicted molar refractivity (Wildman–Crippen MR) is 81.8 cm³/mol. The van der Waals surface area contributed by atoms with E-state index in [9.17, 15) is 8.42 Å². The first-order chi connectivity index (χ1) is 10.2. The molecule has 0 aliphatic carbocycles. The molecule has 1 N–H and O–H groups in total. The molecular formula is C16H18N2O2S. The second-order valence-electron chi connectivity index (χ2n) is 5.26. The fraction of sp³-hybridized carbons (Fsp3) is 0.312. The average Bonchev–Trinajstić information content (AvgIpc) is 2.51. The van der Waals surface area contributed by atoms with Crippen molar-refractivity contribution in [3.05, 3.63) is 59.9 Å². The Labute approximate surface area is 125 Å². The summed E-state index contributed by atoms with van der Waals surface area (Å²) < 4.78 is 24.2. The van der Waals surface area contributed by atoms with Crippen LogP contribution in [0.4, 0.5) is 0 Å². The van der Waals surface area contributed by atoms with Gasteiger partial charge in [-0.25, -0.2) is 8.42 Å². The van der Waals surface area contributed by atoms with E-state index in [1.807, 2.05) is 24.3 Å². The lowest BCUT2D eigenvalue weighted by atomic mass is 10.0. The van der Waals surface area contributed by atoms with Gasteiger partial charge in [-0.15, -0.1) is 0 Å². The number of pyridine rings is 1. The third-order valence-corrected chi connectivity index (χ3v) is 5.67. The van der Waals surface area contributed by atoms with Crippen molar-refractivity contribution in [3.8, 4) is 0 Å². The zero-order chi connectivity index (χ0) is 14.7. The second kappa shape index (κ2) is 5.95. The zero-order valence-corrected chi connectivity index (χ0v) is 12.5. The Balaban J connectivity index is 1.70. The van der Waals surface area contributed by atoms with Crippen LogP contribution in [0.3, 0.4) is 0 Å². The molecule has 1 aromatic carbocycles. The largest absolute Gasteiger partial charge is 0.310 e. The van der Waals surface area contributed by atoms with Crippen molar-refractivity contribution in [1.82, 2.24) is 10.3 Å². The number of nitrogens with zero attached hydrogens (tertiary/aromatic N) is 1. The Hall–Kier alpha value is -1.72. The summed E-state index contributed by atoms with van der Waals surface area (Å²) in [6.45, 7) is 0.822. The Morgan fingerprint density at radius 3 is 2.71 bits per heavy atom. The first-order valence-electron chi connectivity index (χ1n) is 7.11. The molecule has 0 saturated heterocycles. The van der Waals surface area contributed by atoms with Gasteiger partial charge in [-0.1, -0.05) is 18.2 Å². The summed E-state index contributed by atoms with van der Waals surface area (Å²) in [4.78, 5) is 4.49. The van der Waals surface area contributed by atoms with Gasteiger partial charge in [0.05, 0.1) is 10.6 Å². The lowest BCUT2D eigenvalue weighted by Gasteiger charge is -2.26. The van der Waals surface area contributed by atoms with E-state index in [2.05, 4.69) is 10.3 Å². The molecule has 21 heavy (non-hydrogen) atoms. The van der Waals surface area contributed by atoms with Crippen molar-refractivity contribution in [2.45, 2.75) is 23.8 Å². The maximum Gasteiger partial charge on any atom is 0.178 e. The smallest absolute Gasteiger partial charge is 0.178 e. The molecule has 4 nitrogen and oxygen atoms in total. The van der Waals surface area contributed by atoms with E-state index < -0.39 is 9.84 Å². The fourth-order valence-electron chi connectivity index (χ4n) is 2.74. The minimum atomic E-state index is -3.10. The fourth-order valence-corrected chi connectivity index (χ4v) is 4.36. The van der Waals surface area contributed by atoms with Crippen LogP contribution in [0.15, 0.2) is 53.7 Å². The highest BCUT2D eigenvalue weighted by atomic mass is 32.2. The van der Waals surface area contributed by atoms with Crippen molar-refractivity contribution < 1.29 is 8.42 Å². The molecule has 5 heteroatoms. The maximum absolute atomic E-state index is 12.1. The average molecular weight is 302 g/mol. The molecule has 0 radical (unpaired) electrons. The minimum Gasteiger partial charge on any atom is -0.310 e. The summed E-state index contributed by atoms with van der Waals surface area (Å²) in [6, 6.07) is 11.4. The SMILES string of the molecule is O=S1(=O)CCC(NCCc2ccncc2)c2ccccc21. The molecule has 0 spiro atoms. The van der Waals surface area contributed by atoms with Gasteiger partial charge in [0.15, 0.2) is 9.84 Å². The maximum atomic E-state index is 12.1. The molecule has 2 heterocycles. The van der Waals surface area contributed by atoms with E-state index in [0.717, 1.165) is 18.5 Å². The zero-order valence-electron chi connectivity index (χ0n) is 11.7. The summed E-state index contributed by atoms with van der Waals surface area (Å²) in [5.74, 6) is 0.219. The monoisotopic (exact) mass is 302 g/mol. The van der Waals surface area contributed by atoms with E-state index in [4.69, 9.17) is 0 Å². The van der Waals surface area contributed by atoms with E-state index in [1.165, 1.54) is 5.56 Å². The first kappa shape index (κ1) is 14.2. The van der Waals surface area contributed by atoms with Crippen LogP contribution in [0.2, 0.25) is 0 Å². The summed E-state index contributed by atoms with van der Waals surface area (Å²) in [5.41, 5.74) is 2.13. The van der Waals surface area contributed by atoms with Gasteiger partial charge in [-0.3, -0.25) is 4.98 Å². The predicted octanol–water partition coefficient (Wildman–Crippen LogP) is 2.13. The van der Waals surface area contributed by atoms with Crippen LogP contribution in [-0.4, -0.2) is 25.7 Å². The van der Waals surface area contributed by atoms with Gasteiger partial charge < -0.3 is 5.32 Å². The molecule has 0 amide bonds. The van der Waals surface area contributed by atoms with Crippen LogP contribution in [0.25, 0.3) is 0 Å². The number of rotatable bonds is 4. The van der Waals surface area contributed by atoms with E-state index in [-0.39, 0.29) is 11.8 Å². The third kappa shape index (κ3) is 3.14. The van der Waals surface area contributed by atoms with Crippen LogP contribution >= 0.6 is 0 Å². The summed E-state index contributed by atoms with van der Waals surface area (Å²) in [7, 11) is -3.10. The molecular weight excluding hydrogens is 284 g/mol. The lowest BCUT2D eigenvalue weighted by molar-refractivity contribution is 0.495. The molecule has 1 unspecified atom stereocenters. The Bertz CT molecular complexity index is 714. The van der Waals surface area contributed by atoms with Crippen LogP contribution in [-0.2, 0) is 16.3 Å². The number of sulfone groups is 1. The van der Waals surface area contributed by atoms with Gasteiger partial charge in [0.25, 0.3) is 0 Å². The van der Waals surface area contributed by atoms with E-state index >= 15 is 0 Å². The Morgan fingerprint density at radius 2 is 1.90 bits per heavy atom. The first-order valence-corrected chi connectivity index (χ1v) is 8.76. The van der Waals surface area contributed by atoms with Crippen LogP contribution in [0.1, 0.15) is 23.6 Å². The molecule has 2 aromatic rings. The van der Waals surface area contributed by atoms with Gasteiger partial charge in [-0.2, -0.15) is 0 Å². The molecule has 0 fully saturated rings. The summed E-state index contributed by atoms with van der Waals surface area (Å²) >= 11 is 0. The number of hydrogen-bond donors (Lipinski definition) is 1. The van der Waals surface area contributed by atoms with Gasteiger partial charge >= 0.3 is 0 Å². The van der Waals surface area contributed by atoms with Gasteiger partial charge in [0.1, 0.15) is 0 Å². The number of fused-ring (bicyclic) bond motifs is 1. The molecule has 0 saturated carbocycles. The second-order valence-corrected chi connectivity index (χ2v) is 7.34. The number of hydrogen-bond acceptors (Lipinski definition) is 4. The van der Waals surface area contributed by atoms with Gasteiger partial charge in [-0.05, 0) is 48.7 Å². The van der Waals surface area contributed by atoms with Crippen molar-refractivity contribution in [2.24, 2.45) is 0 Å². The standard InChI is InChI=1S/C16H18N2O2S/c19-21(20)12-8-15(14-3-1-2-4-16(14)21)18-11-7-13-5-9-17-10-6-13/h1-6,9-10,15,18H,7-8,11-12H2. The normalized spacial score (nSPS) is 19.9. The van der Waals surface area contributed by atoms with Gasteiger partial charge in [0, 0.05) is 18.4 Å². The molecule has 1 atom stereocenters. The Morgan fingerprint density at radius 1 is 1.14 bits per heavy atom. The van der Waals surface area contributed by atoms with Crippen molar-refractivity contribution in [3.63, 3.8) is 0 Å². The molecule has 0 bridgehead atoms. The number of aromatic nitrogens is 1. The Kier molecular flexibility index (Phi) is 4.03. The third-order valence-electron chi connectivity index (χ3n) is 3.86. The highest BCUT2D eigenvalue weighted by Crippen LogP contribution is 2.31. The van der Waals surface area contributed by atoms with Crippen LogP contribution in [0, 0.1) is 0 Å². The van der Waals surface area contributed by atoms with Crippen LogP contribution < -0.4 is 5.32 Å². The molecule has 1 aromatic heterocycles. The lowest BCUT2D eigenvalue weighted by Crippen LogP contribution is -2.31. The van der Waals surface area contributed by atoms with Gasteiger partial charge in [0.2, 0.25) is 0 Å². The molecule has 1 aliphatic rings. The highest BCUT2D eigenvalue weighted by Gasteiger charge is 2.29. The topological polar surface area (TPSA) is 59.1 Å². The molecule has 1 aliphatic heterocycles. The summed E-state index contributed by atoms with van der Waals surface area (Å²) in [5, 5.41) is 3.48. The minimum absolute atomic E-state index is 0.117. The van der Waals surface area contributed by atoms with Crippen molar-refractivity contribution >= 4 is 9.84 Å². The molecule has 110 valence electrons. The molecule has 3 rings (SSSR count). The van der Waals surface area contributed by atoms with Crippen LogP contribution in [0.5, 0.6) is 0 Å². The number of benzene rings is 1. The quantitative estimate of drug-likeness (QED) is 0.940. The van der Waals surface area contributed by atoms with E-state index in [0.29, 0.717) is 11.3 Å². The van der Waals surface area contributed by atoms with E-state index in [1.54, 1.807) is 24.5 Å². The van der Waals surface area contributed by atoms with Crippen molar-refractivity contribution in [2.75, 3.05) is 12.3 Å². The van der Waals surface area contributed by atoms with Crippen molar-refractivity contribution in [1.29, 1.82) is 0 Å². The highest BCUT2D eigenvalue weighted by molar-refractivity contribution is 7.91. The summed E-state index contributed by atoms with van der Waals surface area (Å²) in [6.07, 6.45) is 5.12.